The minimum absolute atomic E-state index is 0.0370. The maximum Gasteiger partial charge on any atom is 0.349 e. The molecule has 2 aromatic rings. The summed E-state index contributed by atoms with van der Waals surface area (Å²) in [4.78, 5) is 28.7. The van der Waals surface area contributed by atoms with Gasteiger partial charge in [-0.05, 0) is 44.0 Å². The third kappa shape index (κ3) is 3.88. The quantitative estimate of drug-likeness (QED) is 0.773. The number of nitrogens with zero attached hydrogens (tertiary/aromatic N) is 1. The number of anilines is 1. The molecular formula is C18H22N4O3. The molecule has 0 radical (unpaired) electrons. The Labute approximate surface area is 145 Å². The molecule has 7 heteroatoms. The fraction of sp³-hybridized carbons (Fsp3) is 0.389. The topological polar surface area (TPSA) is 110 Å². The molecule has 1 atom stereocenters. The molecule has 7 nitrogen and oxygen atoms in total. The van der Waals surface area contributed by atoms with E-state index in [1.807, 2.05) is 0 Å². The minimum Gasteiger partial charge on any atom is -0.427 e. The molecule has 0 bridgehead atoms. The monoisotopic (exact) mass is 342 g/mol. The molecular weight excluding hydrogens is 320 g/mol. The van der Waals surface area contributed by atoms with E-state index in [0.717, 1.165) is 25.9 Å². The van der Waals surface area contributed by atoms with Crippen molar-refractivity contribution in [2.24, 2.45) is 0 Å². The van der Waals surface area contributed by atoms with Gasteiger partial charge in [0.15, 0.2) is 0 Å². The standard InChI is InChI=1S/C18H22N4O3/c1-11-8-14(12-4-2-6-20-9-12)25-18(24)15(11)17(23)22-10-13-5-3-7-21-16(13)19/h3,5,7-8,12,20H,2,4,6,9-10H2,1H3,(H2,19,21)(H,22,23). The molecule has 1 saturated heterocycles. The minimum atomic E-state index is -0.600. The lowest BCUT2D eigenvalue weighted by atomic mass is 9.95. The van der Waals surface area contributed by atoms with Gasteiger partial charge in [-0.2, -0.15) is 0 Å². The largest absolute Gasteiger partial charge is 0.427 e. The Morgan fingerprint density at radius 2 is 2.36 bits per heavy atom. The van der Waals surface area contributed by atoms with Crippen molar-refractivity contribution in [1.82, 2.24) is 15.6 Å². The zero-order valence-electron chi connectivity index (χ0n) is 14.2. The number of carbonyl (C=O) groups is 1. The summed E-state index contributed by atoms with van der Waals surface area (Å²) in [6, 6.07) is 5.31. The van der Waals surface area contributed by atoms with Crippen LogP contribution in [0.4, 0.5) is 5.82 Å². The zero-order chi connectivity index (χ0) is 17.8. The van der Waals surface area contributed by atoms with E-state index in [4.69, 9.17) is 10.2 Å². The van der Waals surface area contributed by atoms with Gasteiger partial charge < -0.3 is 20.8 Å². The molecule has 1 fully saturated rings. The first kappa shape index (κ1) is 17.2. The van der Waals surface area contributed by atoms with Crippen LogP contribution in [0.25, 0.3) is 0 Å². The van der Waals surface area contributed by atoms with Crippen LogP contribution in [0.15, 0.2) is 33.6 Å². The number of hydrogen-bond donors (Lipinski definition) is 3. The summed E-state index contributed by atoms with van der Waals surface area (Å²) in [7, 11) is 0. The van der Waals surface area contributed by atoms with Crippen LogP contribution < -0.4 is 22.0 Å². The number of nitrogens with two attached hydrogens (primary N) is 1. The number of nitrogen functional groups attached to an aromatic ring is 1. The van der Waals surface area contributed by atoms with Crippen molar-refractivity contribution in [2.45, 2.75) is 32.2 Å². The molecule has 0 aromatic carbocycles. The average Bonchev–Trinajstić information content (AvgIpc) is 2.61. The third-order valence-electron chi connectivity index (χ3n) is 4.46. The molecule has 1 amide bonds. The van der Waals surface area contributed by atoms with Crippen LogP contribution in [0.3, 0.4) is 0 Å². The van der Waals surface area contributed by atoms with Crippen LogP contribution >= 0.6 is 0 Å². The van der Waals surface area contributed by atoms with Gasteiger partial charge in [-0.3, -0.25) is 4.79 Å². The van der Waals surface area contributed by atoms with Crippen molar-refractivity contribution in [1.29, 1.82) is 0 Å². The molecule has 1 aliphatic heterocycles. The Hall–Kier alpha value is -2.67. The van der Waals surface area contributed by atoms with E-state index in [2.05, 4.69) is 15.6 Å². The molecule has 1 aliphatic rings. The van der Waals surface area contributed by atoms with E-state index in [-0.39, 0.29) is 18.0 Å². The number of hydrogen-bond acceptors (Lipinski definition) is 6. The Morgan fingerprint density at radius 1 is 1.52 bits per heavy atom. The molecule has 25 heavy (non-hydrogen) atoms. The Kier molecular flexibility index (Phi) is 5.14. The first-order valence-electron chi connectivity index (χ1n) is 8.39. The predicted octanol–water partition coefficient (Wildman–Crippen LogP) is 1.32. The van der Waals surface area contributed by atoms with Crippen molar-refractivity contribution in [2.75, 3.05) is 18.8 Å². The Morgan fingerprint density at radius 3 is 3.04 bits per heavy atom. The van der Waals surface area contributed by atoms with Crippen LogP contribution in [0, 0.1) is 6.92 Å². The lowest BCUT2D eigenvalue weighted by Gasteiger charge is -2.22. The lowest BCUT2D eigenvalue weighted by Crippen LogP contribution is -2.31. The fourth-order valence-electron chi connectivity index (χ4n) is 3.07. The Bertz CT molecular complexity index is 825. The van der Waals surface area contributed by atoms with Gasteiger partial charge >= 0.3 is 5.63 Å². The maximum atomic E-state index is 12.4. The predicted molar refractivity (Wildman–Crippen MR) is 94.4 cm³/mol. The fourth-order valence-corrected chi connectivity index (χ4v) is 3.07. The summed E-state index contributed by atoms with van der Waals surface area (Å²) in [6.45, 7) is 3.72. The second-order valence-electron chi connectivity index (χ2n) is 6.27. The van der Waals surface area contributed by atoms with Gasteiger partial charge in [-0.15, -0.1) is 0 Å². The van der Waals surface area contributed by atoms with Gasteiger partial charge in [0.25, 0.3) is 5.91 Å². The van der Waals surface area contributed by atoms with Crippen LogP contribution in [-0.2, 0) is 6.54 Å². The summed E-state index contributed by atoms with van der Waals surface area (Å²) >= 11 is 0. The van der Waals surface area contributed by atoms with Crippen molar-refractivity contribution in [3.63, 3.8) is 0 Å². The number of amides is 1. The molecule has 0 saturated carbocycles. The van der Waals surface area contributed by atoms with Gasteiger partial charge in [0.1, 0.15) is 17.1 Å². The average molecular weight is 342 g/mol. The van der Waals surface area contributed by atoms with E-state index in [1.54, 1.807) is 31.3 Å². The van der Waals surface area contributed by atoms with E-state index in [9.17, 15) is 9.59 Å². The lowest BCUT2D eigenvalue weighted by molar-refractivity contribution is 0.0945. The highest BCUT2D eigenvalue weighted by atomic mass is 16.4. The molecule has 3 heterocycles. The number of aryl methyl sites for hydroxylation is 1. The van der Waals surface area contributed by atoms with E-state index in [0.29, 0.717) is 22.7 Å². The summed E-state index contributed by atoms with van der Waals surface area (Å²) in [5.74, 6) is 0.699. The second kappa shape index (κ2) is 7.48. The molecule has 3 rings (SSSR count). The number of nitrogens with one attached hydrogen (secondary N) is 2. The summed E-state index contributed by atoms with van der Waals surface area (Å²) < 4.78 is 5.43. The molecule has 132 valence electrons. The summed E-state index contributed by atoms with van der Waals surface area (Å²) in [5.41, 5.74) is 6.51. The zero-order valence-corrected chi connectivity index (χ0v) is 14.2. The maximum absolute atomic E-state index is 12.4. The molecule has 0 aliphatic carbocycles. The van der Waals surface area contributed by atoms with Gasteiger partial charge in [0, 0.05) is 30.8 Å². The van der Waals surface area contributed by atoms with Crippen molar-refractivity contribution in [3.8, 4) is 0 Å². The highest BCUT2D eigenvalue weighted by Crippen LogP contribution is 2.23. The van der Waals surface area contributed by atoms with Crippen molar-refractivity contribution >= 4 is 11.7 Å². The first-order chi connectivity index (χ1) is 12.1. The highest BCUT2D eigenvalue weighted by Gasteiger charge is 2.22. The number of carbonyl (C=O) groups excluding carboxylic acids is 1. The third-order valence-corrected chi connectivity index (χ3v) is 4.46. The molecule has 1 unspecified atom stereocenters. The SMILES string of the molecule is Cc1cc(C2CCCNC2)oc(=O)c1C(=O)NCc1cccnc1N. The molecule has 2 aromatic heterocycles. The Balaban J connectivity index is 1.76. The van der Waals surface area contributed by atoms with Crippen molar-refractivity contribution < 1.29 is 9.21 Å². The molecule has 4 N–H and O–H groups in total. The summed E-state index contributed by atoms with van der Waals surface area (Å²) in [5, 5.41) is 6.00. The normalized spacial score (nSPS) is 17.2. The first-order valence-corrected chi connectivity index (χ1v) is 8.39. The van der Waals surface area contributed by atoms with Crippen molar-refractivity contribution in [3.05, 3.63) is 57.3 Å². The van der Waals surface area contributed by atoms with Gasteiger partial charge in [0.2, 0.25) is 0 Å². The highest BCUT2D eigenvalue weighted by molar-refractivity contribution is 5.95. The number of aromatic nitrogens is 1. The van der Waals surface area contributed by atoms with E-state index < -0.39 is 11.5 Å². The van der Waals surface area contributed by atoms with Gasteiger partial charge in [-0.25, -0.2) is 9.78 Å². The van der Waals surface area contributed by atoms with Crippen LogP contribution in [0.2, 0.25) is 0 Å². The second-order valence-corrected chi connectivity index (χ2v) is 6.27. The molecule has 0 spiro atoms. The number of piperidine rings is 1. The van der Waals surface area contributed by atoms with Crippen LogP contribution in [0.1, 0.15) is 46.0 Å². The van der Waals surface area contributed by atoms with E-state index in [1.165, 1.54) is 0 Å². The van der Waals surface area contributed by atoms with Crippen LogP contribution in [-0.4, -0.2) is 24.0 Å². The van der Waals surface area contributed by atoms with Gasteiger partial charge in [0.05, 0.1) is 0 Å². The summed E-state index contributed by atoms with van der Waals surface area (Å²) in [6.07, 6.45) is 3.60. The number of rotatable bonds is 4. The van der Waals surface area contributed by atoms with E-state index >= 15 is 0 Å². The van der Waals surface area contributed by atoms with Gasteiger partial charge in [-0.1, -0.05) is 6.07 Å². The van der Waals surface area contributed by atoms with Crippen LogP contribution in [0.5, 0.6) is 0 Å². The smallest absolute Gasteiger partial charge is 0.349 e. The number of pyridine rings is 1.